The molecule has 0 aliphatic heterocycles. The maximum atomic E-state index is 10.9. The van der Waals surface area contributed by atoms with Crippen LogP contribution in [0.2, 0.25) is 0 Å². The molecule has 0 saturated heterocycles. The van der Waals surface area contributed by atoms with Crippen LogP contribution >= 0.6 is 11.3 Å². The molecule has 1 rings (SSSR count). The molecule has 1 amide bonds. The van der Waals surface area contributed by atoms with Crippen molar-refractivity contribution in [3.63, 3.8) is 0 Å². The summed E-state index contributed by atoms with van der Waals surface area (Å²) in [7, 11) is 1.55. The van der Waals surface area contributed by atoms with Crippen LogP contribution in [0.15, 0.2) is 12.1 Å². The van der Waals surface area contributed by atoms with Gasteiger partial charge < -0.3 is 4.74 Å². The van der Waals surface area contributed by atoms with Crippen LogP contribution in [-0.4, -0.2) is 13.0 Å². The second-order valence-electron chi connectivity index (χ2n) is 1.80. The largest absolute Gasteiger partial charge is 0.487 e. The van der Waals surface area contributed by atoms with Gasteiger partial charge in [0.1, 0.15) is 0 Å². The van der Waals surface area contributed by atoms with Crippen molar-refractivity contribution in [1.82, 2.24) is 5.43 Å². The van der Waals surface area contributed by atoms with Crippen LogP contribution in [0.25, 0.3) is 0 Å². The molecule has 4 nitrogen and oxygen atoms in total. The summed E-state index contributed by atoms with van der Waals surface area (Å²) in [6.45, 7) is 0. The summed E-state index contributed by atoms with van der Waals surface area (Å²) in [4.78, 5) is 11.4. The molecule has 0 spiro atoms. The first-order chi connectivity index (χ1) is 5.27. The predicted octanol–water partition coefficient (Wildman–Crippen LogP) is 0.360. The van der Waals surface area contributed by atoms with Gasteiger partial charge in [-0.15, -0.1) is 0 Å². The molecule has 1 aromatic heterocycles. The maximum Gasteiger partial charge on any atom is 0.275 e. The second kappa shape index (κ2) is 3.36. The molecule has 60 valence electrons. The van der Waals surface area contributed by atoms with Gasteiger partial charge in [-0.3, -0.25) is 10.2 Å². The van der Waals surface area contributed by atoms with Gasteiger partial charge in [0.2, 0.25) is 0 Å². The van der Waals surface area contributed by atoms with Crippen molar-refractivity contribution in [1.29, 1.82) is 0 Å². The zero-order chi connectivity index (χ0) is 8.27. The number of hydrogen-bond donors (Lipinski definition) is 2. The number of carbonyl (C=O) groups is 1. The van der Waals surface area contributed by atoms with E-state index in [1.54, 1.807) is 19.2 Å². The molecule has 0 bridgehead atoms. The van der Waals surface area contributed by atoms with Gasteiger partial charge in [0.15, 0.2) is 5.06 Å². The second-order valence-corrected chi connectivity index (χ2v) is 2.84. The van der Waals surface area contributed by atoms with Crippen LogP contribution in [0.5, 0.6) is 5.06 Å². The number of methoxy groups -OCH3 is 1. The lowest BCUT2D eigenvalue weighted by Gasteiger charge is -1.92. The summed E-state index contributed by atoms with van der Waals surface area (Å²) in [5, 5.41) is 0.698. The van der Waals surface area contributed by atoms with E-state index in [0.29, 0.717) is 9.94 Å². The number of nitrogen functional groups attached to an aromatic ring is 1. The van der Waals surface area contributed by atoms with E-state index >= 15 is 0 Å². The number of hydrazine groups is 1. The number of nitrogens with two attached hydrogens (primary N) is 1. The lowest BCUT2D eigenvalue weighted by atomic mass is 10.4. The van der Waals surface area contributed by atoms with Gasteiger partial charge in [-0.05, 0) is 12.1 Å². The first-order valence-corrected chi connectivity index (χ1v) is 3.74. The summed E-state index contributed by atoms with van der Waals surface area (Å²) in [5.41, 5.74) is 2.03. The number of carbonyl (C=O) groups excluding carboxylic acids is 1. The molecular formula is C6H8N2O2S. The van der Waals surface area contributed by atoms with Crippen molar-refractivity contribution in [2.45, 2.75) is 0 Å². The van der Waals surface area contributed by atoms with Crippen molar-refractivity contribution in [3.05, 3.63) is 17.0 Å². The average molecular weight is 172 g/mol. The zero-order valence-electron chi connectivity index (χ0n) is 5.96. The summed E-state index contributed by atoms with van der Waals surface area (Å²) >= 11 is 1.25. The van der Waals surface area contributed by atoms with E-state index in [1.165, 1.54) is 11.3 Å². The van der Waals surface area contributed by atoms with Gasteiger partial charge in [-0.1, -0.05) is 11.3 Å². The highest BCUT2D eigenvalue weighted by atomic mass is 32.1. The van der Waals surface area contributed by atoms with Gasteiger partial charge in [0.25, 0.3) is 5.91 Å². The Balaban J connectivity index is 2.80. The van der Waals surface area contributed by atoms with Gasteiger partial charge in [0, 0.05) is 0 Å². The van der Waals surface area contributed by atoms with Crippen molar-refractivity contribution in [2.75, 3.05) is 7.11 Å². The highest BCUT2D eigenvalue weighted by molar-refractivity contribution is 7.15. The van der Waals surface area contributed by atoms with Crippen molar-refractivity contribution in [3.8, 4) is 5.06 Å². The van der Waals surface area contributed by atoms with Crippen LogP contribution in [0, 0.1) is 0 Å². The third-order valence-electron chi connectivity index (χ3n) is 1.14. The topological polar surface area (TPSA) is 64.3 Å². The fourth-order valence-electron chi connectivity index (χ4n) is 0.623. The monoisotopic (exact) mass is 172 g/mol. The Morgan fingerprint density at radius 1 is 1.73 bits per heavy atom. The number of amides is 1. The molecule has 5 heteroatoms. The van der Waals surface area contributed by atoms with Crippen molar-refractivity contribution < 1.29 is 9.53 Å². The molecule has 3 N–H and O–H groups in total. The summed E-state index contributed by atoms with van der Waals surface area (Å²) in [6.07, 6.45) is 0. The number of ether oxygens (including phenoxy) is 1. The third kappa shape index (κ3) is 1.69. The molecule has 0 aliphatic rings. The predicted molar refractivity (Wildman–Crippen MR) is 42.5 cm³/mol. The molecule has 1 aromatic rings. The lowest BCUT2D eigenvalue weighted by Crippen LogP contribution is -2.29. The SMILES string of the molecule is COc1ccc(C(=O)NN)s1. The Labute approximate surface area is 67.9 Å². The highest BCUT2D eigenvalue weighted by Crippen LogP contribution is 2.23. The van der Waals surface area contributed by atoms with Gasteiger partial charge in [0.05, 0.1) is 12.0 Å². The van der Waals surface area contributed by atoms with E-state index < -0.39 is 0 Å². The Morgan fingerprint density at radius 3 is 2.91 bits per heavy atom. The fraction of sp³-hybridized carbons (Fsp3) is 0.167. The summed E-state index contributed by atoms with van der Waals surface area (Å²) < 4.78 is 4.89. The molecule has 0 fully saturated rings. The van der Waals surface area contributed by atoms with Crippen LogP contribution in [0.4, 0.5) is 0 Å². The van der Waals surface area contributed by atoms with E-state index in [1.807, 2.05) is 5.43 Å². The van der Waals surface area contributed by atoms with Crippen LogP contribution in [-0.2, 0) is 0 Å². The Kier molecular flexibility index (Phi) is 2.45. The molecule has 0 unspecified atom stereocenters. The van der Waals surface area contributed by atoms with E-state index in [4.69, 9.17) is 10.6 Å². The van der Waals surface area contributed by atoms with Gasteiger partial charge in [-0.2, -0.15) is 0 Å². The van der Waals surface area contributed by atoms with Crippen LogP contribution in [0.3, 0.4) is 0 Å². The summed E-state index contributed by atoms with van der Waals surface area (Å²) in [5.74, 6) is 4.63. The highest BCUT2D eigenvalue weighted by Gasteiger charge is 2.06. The van der Waals surface area contributed by atoms with Gasteiger partial charge >= 0.3 is 0 Å². The Bertz CT molecular complexity index is 259. The summed E-state index contributed by atoms with van der Waals surface area (Å²) in [6, 6.07) is 3.38. The van der Waals surface area contributed by atoms with Gasteiger partial charge in [-0.25, -0.2) is 5.84 Å². The third-order valence-corrected chi connectivity index (χ3v) is 2.18. The molecule has 0 aliphatic carbocycles. The normalized spacial score (nSPS) is 9.27. The first-order valence-electron chi connectivity index (χ1n) is 2.92. The van der Waals surface area contributed by atoms with E-state index in [9.17, 15) is 4.79 Å². The van der Waals surface area contributed by atoms with E-state index in [-0.39, 0.29) is 5.91 Å². The smallest absolute Gasteiger partial charge is 0.275 e. The molecule has 0 radical (unpaired) electrons. The minimum atomic E-state index is -0.293. The number of hydrogen-bond acceptors (Lipinski definition) is 4. The molecule has 0 atom stereocenters. The molecule has 1 heterocycles. The Morgan fingerprint density at radius 2 is 2.45 bits per heavy atom. The average Bonchev–Trinajstić information content (AvgIpc) is 2.50. The number of rotatable bonds is 2. The van der Waals surface area contributed by atoms with E-state index in [0.717, 1.165) is 0 Å². The standard InChI is InChI=1S/C6H8N2O2S/c1-10-5-3-2-4(11-5)6(9)8-7/h2-3H,7H2,1H3,(H,8,9). The zero-order valence-corrected chi connectivity index (χ0v) is 6.77. The number of thiophene rings is 1. The molecular weight excluding hydrogens is 164 g/mol. The number of nitrogens with one attached hydrogen (secondary N) is 1. The first kappa shape index (κ1) is 8.03. The lowest BCUT2D eigenvalue weighted by molar-refractivity contribution is 0.0957. The molecule has 11 heavy (non-hydrogen) atoms. The van der Waals surface area contributed by atoms with Crippen LogP contribution < -0.4 is 16.0 Å². The molecule has 0 aromatic carbocycles. The van der Waals surface area contributed by atoms with E-state index in [2.05, 4.69) is 0 Å². The minimum Gasteiger partial charge on any atom is -0.487 e. The Hall–Kier alpha value is -1.07. The maximum absolute atomic E-state index is 10.9. The van der Waals surface area contributed by atoms with Crippen LogP contribution in [0.1, 0.15) is 9.67 Å². The minimum absolute atomic E-state index is 0.293. The van der Waals surface area contributed by atoms with Crippen molar-refractivity contribution >= 4 is 17.2 Å². The van der Waals surface area contributed by atoms with Crippen molar-refractivity contribution in [2.24, 2.45) is 5.84 Å². The molecule has 0 saturated carbocycles. The fourth-order valence-corrected chi connectivity index (χ4v) is 1.35. The quantitative estimate of drug-likeness (QED) is 0.384.